The second kappa shape index (κ2) is 7.67. The Bertz CT molecular complexity index is 394. The van der Waals surface area contributed by atoms with Crippen LogP contribution in [0.5, 0.6) is 0 Å². The van der Waals surface area contributed by atoms with Crippen molar-refractivity contribution in [1.82, 2.24) is 5.32 Å². The molecule has 1 atom stereocenters. The standard InChI is InChI=1S/C13H18N2OS.ClH/c1-14-9-10-5-2-3-6-11(10)15-13(16)12-7-4-8-17-12;/h2-3,5-6,12,14H,4,7-9H2,1H3,(H,15,16);1H. The van der Waals surface area contributed by atoms with E-state index in [1.165, 1.54) is 0 Å². The summed E-state index contributed by atoms with van der Waals surface area (Å²) in [7, 11) is 1.91. The molecular weight excluding hydrogens is 268 g/mol. The first kappa shape index (κ1) is 15.3. The normalized spacial score (nSPS) is 18.2. The lowest BCUT2D eigenvalue weighted by Gasteiger charge is -2.13. The number of nitrogens with one attached hydrogen (secondary N) is 2. The van der Waals surface area contributed by atoms with E-state index in [0.29, 0.717) is 0 Å². The van der Waals surface area contributed by atoms with Gasteiger partial charge in [0.15, 0.2) is 0 Å². The van der Waals surface area contributed by atoms with Crippen LogP contribution in [0.15, 0.2) is 24.3 Å². The van der Waals surface area contributed by atoms with Crippen LogP contribution in [0.25, 0.3) is 0 Å². The maximum atomic E-state index is 12.0. The highest BCUT2D eigenvalue weighted by atomic mass is 35.5. The Morgan fingerprint density at radius 2 is 2.22 bits per heavy atom. The van der Waals surface area contributed by atoms with E-state index in [0.717, 1.165) is 36.4 Å². The molecule has 100 valence electrons. The van der Waals surface area contributed by atoms with Crippen molar-refractivity contribution in [1.29, 1.82) is 0 Å². The average Bonchev–Trinajstić information content (AvgIpc) is 2.85. The van der Waals surface area contributed by atoms with E-state index in [9.17, 15) is 4.79 Å². The summed E-state index contributed by atoms with van der Waals surface area (Å²) < 4.78 is 0. The van der Waals surface area contributed by atoms with Gasteiger partial charge in [-0.05, 0) is 37.3 Å². The third kappa shape index (κ3) is 3.90. The Kier molecular flexibility index (Phi) is 6.54. The lowest BCUT2D eigenvalue weighted by Crippen LogP contribution is -2.24. The molecule has 1 aliphatic heterocycles. The Morgan fingerprint density at radius 3 is 2.89 bits per heavy atom. The fourth-order valence-corrected chi connectivity index (χ4v) is 3.15. The summed E-state index contributed by atoms with van der Waals surface area (Å²) in [5, 5.41) is 6.28. The number of amides is 1. The van der Waals surface area contributed by atoms with E-state index in [1.54, 1.807) is 11.8 Å². The molecule has 0 aromatic heterocycles. The lowest BCUT2D eigenvalue weighted by molar-refractivity contribution is -0.115. The number of thioether (sulfide) groups is 1. The minimum atomic E-state index is 0. The van der Waals surface area contributed by atoms with Crippen molar-refractivity contribution in [2.75, 3.05) is 18.1 Å². The molecule has 2 N–H and O–H groups in total. The second-order valence-electron chi connectivity index (χ2n) is 4.18. The Morgan fingerprint density at radius 1 is 1.44 bits per heavy atom. The van der Waals surface area contributed by atoms with Crippen molar-refractivity contribution in [3.63, 3.8) is 0 Å². The van der Waals surface area contributed by atoms with Gasteiger partial charge in [0.05, 0.1) is 5.25 Å². The van der Waals surface area contributed by atoms with Gasteiger partial charge in [-0.15, -0.1) is 24.2 Å². The lowest BCUT2D eigenvalue weighted by atomic mass is 10.1. The zero-order chi connectivity index (χ0) is 12.1. The molecule has 1 unspecified atom stereocenters. The van der Waals surface area contributed by atoms with Gasteiger partial charge in [-0.25, -0.2) is 0 Å². The van der Waals surface area contributed by atoms with Gasteiger partial charge in [-0.2, -0.15) is 0 Å². The topological polar surface area (TPSA) is 41.1 Å². The maximum Gasteiger partial charge on any atom is 0.237 e. The second-order valence-corrected chi connectivity index (χ2v) is 5.49. The zero-order valence-electron chi connectivity index (χ0n) is 10.4. The summed E-state index contributed by atoms with van der Waals surface area (Å²) in [5.74, 6) is 1.26. The Labute approximate surface area is 119 Å². The molecule has 3 nitrogen and oxygen atoms in total. The number of rotatable bonds is 4. The molecule has 5 heteroatoms. The van der Waals surface area contributed by atoms with Gasteiger partial charge in [0, 0.05) is 12.2 Å². The molecule has 2 rings (SSSR count). The van der Waals surface area contributed by atoms with Crippen LogP contribution in [0.1, 0.15) is 18.4 Å². The first-order valence-electron chi connectivity index (χ1n) is 5.96. The van der Waals surface area contributed by atoms with Gasteiger partial charge < -0.3 is 10.6 Å². The van der Waals surface area contributed by atoms with Crippen LogP contribution < -0.4 is 10.6 Å². The van der Waals surface area contributed by atoms with Gasteiger partial charge in [-0.3, -0.25) is 4.79 Å². The highest BCUT2D eigenvalue weighted by Gasteiger charge is 2.23. The third-order valence-electron chi connectivity index (χ3n) is 2.86. The number of anilines is 1. The van der Waals surface area contributed by atoms with Crippen molar-refractivity contribution in [3.05, 3.63) is 29.8 Å². The number of carbonyl (C=O) groups is 1. The Balaban J connectivity index is 0.00000162. The van der Waals surface area contributed by atoms with E-state index in [2.05, 4.69) is 10.6 Å². The van der Waals surface area contributed by atoms with Gasteiger partial charge in [-0.1, -0.05) is 18.2 Å². The van der Waals surface area contributed by atoms with Crippen molar-refractivity contribution in [2.45, 2.75) is 24.6 Å². The number of para-hydroxylation sites is 1. The van der Waals surface area contributed by atoms with E-state index in [4.69, 9.17) is 0 Å². The van der Waals surface area contributed by atoms with Gasteiger partial charge >= 0.3 is 0 Å². The molecule has 0 bridgehead atoms. The molecule has 1 aromatic rings. The van der Waals surface area contributed by atoms with Crippen LogP contribution in [0, 0.1) is 0 Å². The summed E-state index contributed by atoms with van der Waals surface area (Å²) in [4.78, 5) is 12.0. The van der Waals surface area contributed by atoms with Crippen molar-refractivity contribution in [2.24, 2.45) is 0 Å². The van der Waals surface area contributed by atoms with E-state index >= 15 is 0 Å². The predicted molar refractivity (Wildman–Crippen MR) is 80.6 cm³/mol. The molecule has 0 spiro atoms. The highest BCUT2D eigenvalue weighted by Crippen LogP contribution is 2.27. The fraction of sp³-hybridized carbons (Fsp3) is 0.462. The smallest absolute Gasteiger partial charge is 0.237 e. The van der Waals surface area contributed by atoms with Gasteiger partial charge in [0.25, 0.3) is 0 Å². The highest BCUT2D eigenvalue weighted by molar-refractivity contribution is 8.00. The van der Waals surface area contributed by atoms with Crippen LogP contribution in [0.4, 0.5) is 5.69 Å². The van der Waals surface area contributed by atoms with Crippen LogP contribution in [-0.2, 0) is 11.3 Å². The number of hydrogen-bond donors (Lipinski definition) is 2. The molecule has 1 aliphatic rings. The van der Waals surface area contributed by atoms with E-state index in [-0.39, 0.29) is 23.6 Å². The molecule has 0 radical (unpaired) electrons. The summed E-state index contributed by atoms with van der Waals surface area (Å²) in [6.07, 6.45) is 2.16. The summed E-state index contributed by atoms with van der Waals surface area (Å²) in [6, 6.07) is 7.95. The van der Waals surface area contributed by atoms with Crippen molar-refractivity contribution in [3.8, 4) is 0 Å². The molecule has 1 saturated heterocycles. The van der Waals surface area contributed by atoms with E-state index < -0.39 is 0 Å². The minimum absolute atomic E-state index is 0. The Hall–Kier alpha value is -0.710. The summed E-state index contributed by atoms with van der Waals surface area (Å²) >= 11 is 1.76. The zero-order valence-corrected chi connectivity index (χ0v) is 12.1. The largest absolute Gasteiger partial charge is 0.325 e. The van der Waals surface area contributed by atoms with E-state index in [1.807, 2.05) is 31.3 Å². The van der Waals surface area contributed by atoms with Crippen LogP contribution in [-0.4, -0.2) is 24.0 Å². The molecule has 1 heterocycles. The SMILES string of the molecule is CNCc1ccccc1NC(=O)C1CCCS1.Cl. The molecule has 0 saturated carbocycles. The number of carbonyl (C=O) groups excluding carboxylic acids is 1. The van der Waals surface area contributed by atoms with Gasteiger partial charge in [0.1, 0.15) is 0 Å². The quantitative estimate of drug-likeness (QED) is 0.894. The van der Waals surface area contributed by atoms with Crippen LogP contribution in [0.3, 0.4) is 0 Å². The van der Waals surface area contributed by atoms with Gasteiger partial charge in [0.2, 0.25) is 5.91 Å². The molecule has 1 fully saturated rings. The first-order chi connectivity index (χ1) is 8.31. The number of benzene rings is 1. The average molecular weight is 287 g/mol. The number of hydrogen-bond acceptors (Lipinski definition) is 3. The molecule has 0 aliphatic carbocycles. The van der Waals surface area contributed by atoms with Crippen molar-refractivity contribution < 1.29 is 4.79 Å². The number of halogens is 1. The first-order valence-corrected chi connectivity index (χ1v) is 7.01. The molecular formula is C13H19ClN2OS. The van der Waals surface area contributed by atoms with Crippen LogP contribution in [0.2, 0.25) is 0 Å². The summed E-state index contributed by atoms with van der Waals surface area (Å²) in [5.41, 5.74) is 2.06. The van der Waals surface area contributed by atoms with Crippen molar-refractivity contribution >= 4 is 35.8 Å². The molecule has 18 heavy (non-hydrogen) atoms. The third-order valence-corrected chi connectivity index (χ3v) is 4.24. The monoisotopic (exact) mass is 286 g/mol. The predicted octanol–water partition coefficient (Wildman–Crippen LogP) is 2.66. The summed E-state index contributed by atoms with van der Waals surface area (Å²) in [6.45, 7) is 0.772. The maximum absolute atomic E-state index is 12.0. The minimum Gasteiger partial charge on any atom is -0.325 e. The van der Waals surface area contributed by atoms with Crippen LogP contribution >= 0.6 is 24.2 Å². The fourth-order valence-electron chi connectivity index (χ4n) is 1.98. The molecule has 1 amide bonds. The molecule has 1 aromatic carbocycles.